The minimum Gasteiger partial charge on any atom is -0.0845 e. The second-order valence-electron chi connectivity index (χ2n) is 8.23. The predicted octanol–water partition coefficient (Wildman–Crippen LogP) is 5.69. The molecule has 0 aromatic rings. The average molecular weight is 236 g/mol. The van der Waals surface area contributed by atoms with Crippen molar-refractivity contribution < 1.29 is 0 Å². The lowest BCUT2D eigenvalue weighted by Crippen LogP contribution is -2.37. The summed E-state index contributed by atoms with van der Waals surface area (Å²) < 4.78 is 0. The second kappa shape index (κ2) is 4.78. The minimum atomic E-state index is 0.332. The lowest BCUT2D eigenvalue weighted by molar-refractivity contribution is 0.112. The van der Waals surface area contributed by atoms with Crippen LogP contribution in [0, 0.1) is 28.6 Å². The largest absolute Gasteiger partial charge is 0.0845 e. The second-order valence-corrected chi connectivity index (χ2v) is 8.23. The van der Waals surface area contributed by atoms with Crippen LogP contribution in [0.4, 0.5) is 0 Å². The normalized spacial score (nSPS) is 27.2. The summed E-state index contributed by atoms with van der Waals surface area (Å²) in [4.78, 5) is 0. The van der Waals surface area contributed by atoms with Crippen molar-refractivity contribution in [1.29, 1.82) is 0 Å². The van der Waals surface area contributed by atoms with Crippen molar-refractivity contribution in [3.8, 4) is 0 Å². The lowest BCUT2D eigenvalue weighted by Gasteiger charge is -2.46. The topological polar surface area (TPSA) is 0 Å². The van der Waals surface area contributed by atoms with E-state index < -0.39 is 0 Å². The molecule has 1 aliphatic carbocycles. The molecule has 0 aromatic carbocycles. The van der Waals surface area contributed by atoms with Crippen LogP contribution in [-0.2, 0) is 0 Å². The molecule has 0 spiro atoms. The van der Waals surface area contributed by atoms with E-state index in [2.05, 4.69) is 61.5 Å². The number of hydrogen-bond donors (Lipinski definition) is 0. The molecule has 0 bridgehead atoms. The van der Waals surface area contributed by atoms with Gasteiger partial charge in [-0.05, 0) is 41.4 Å². The van der Waals surface area contributed by atoms with Crippen LogP contribution >= 0.6 is 0 Å². The van der Waals surface area contributed by atoms with Crippen molar-refractivity contribution in [1.82, 2.24) is 0 Å². The molecule has 1 rings (SSSR count). The smallest absolute Gasteiger partial charge is 0.0141 e. The van der Waals surface area contributed by atoms with Crippen LogP contribution in [0.1, 0.15) is 68.2 Å². The maximum Gasteiger partial charge on any atom is -0.0141 e. The first-order chi connectivity index (χ1) is 7.55. The third-order valence-electron chi connectivity index (χ3n) is 4.33. The van der Waals surface area contributed by atoms with Gasteiger partial charge in [0.15, 0.2) is 0 Å². The fourth-order valence-corrected chi connectivity index (χ4v) is 3.55. The van der Waals surface area contributed by atoms with E-state index >= 15 is 0 Å². The van der Waals surface area contributed by atoms with Crippen LogP contribution in [0.15, 0.2) is 11.6 Å². The molecule has 0 saturated heterocycles. The Bertz CT molecular complexity index is 280. The van der Waals surface area contributed by atoms with Crippen LogP contribution in [0.3, 0.4) is 0 Å². The van der Waals surface area contributed by atoms with Crippen LogP contribution in [0.25, 0.3) is 0 Å². The highest BCUT2D eigenvalue weighted by Crippen LogP contribution is 2.49. The zero-order valence-corrected chi connectivity index (χ0v) is 13.2. The van der Waals surface area contributed by atoms with Crippen LogP contribution in [0.5, 0.6) is 0 Å². The molecule has 0 N–H and O–H groups in total. The van der Waals surface area contributed by atoms with Gasteiger partial charge in [-0.25, -0.2) is 0 Å². The highest BCUT2D eigenvalue weighted by molar-refractivity contribution is 5.20. The van der Waals surface area contributed by atoms with E-state index in [9.17, 15) is 0 Å². The first kappa shape index (κ1) is 14.8. The van der Waals surface area contributed by atoms with Gasteiger partial charge in [-0.15, -0.1) is 0 Å². The van der Waals surface area contributed by atoms with Crippen molar-refractivity contribution in [2.45, 2.75) is 68.2 Å². The van der Waals surface area contributed by atoms with Crippen molar-refractivity contribution >= 4 is 0 Å². The van der Waals surface area contributed by atoms with Crippen LogP contribution in [-0.4, -0.2) is 0 Å². The van der Waals surface area contributed by atoms with Gasteiger partial charge in [0, 0.05) is 0 Å². The van der Waals surface area contributed by atoms with E-state index in [0.717, 1.165) is 17.8 Å². The maximum atomic E-state index is 2.53. The Balaban J connectivity index is 3.12. The van der Waals surface area contributed by atoms with Gasteiger partial charge in [0.25, 0.3) is 0 Å². The molecule has 0 aromatic heterocycles. The van der Waals surface area contributed by atoms with Gasteiger partial charge in [-0.3, -0.25) is 0 Å². The Morgan fingerprint density at radius 1 is 1.06 bits per heavy atom. The number of allylic oxidation sites excluding steroid dienone is 2. The average Bonchev–Trinajstić information content (AvgIpc) is 2.13. The summed E-state index contributed by atoms with van der Waals surface area (Å²) in [6.45, 7) is 19.2. The van der Waals surface area contributed by atoms with Gasteiger partial charge in [-0.1, -0.05) is 67.0 Å². The molecule has 0 heteroatoms. The quantitative estimate of drug-likeness (QED) is 0.513. The van der Waals surface area contributed by atoms with Crippen LogP contribution < -0.4 is 0 Å². The summed E-state index contributed by atoms with van der Waals surface area (Å²) in [6, 6.07) is 0. The molecular weight excluding hydrogens is 204 g/mol. The highest BCUT2D eigenvalue weighted by atomic mass is 14.4. The monoisotopic (exact) mass is 236 g/mol. The Labute approximate surface area is 109 Å². The molecule has 2 unspecified atom stereocenters. The molecule has 0 radical (unpaired) electrons. The van der Waals surface area contributed by atoms with Crippen molar-refractivity contribution in [2.75, 3.05) is 0 Å². The highest BCUT2D eigenvalue weighted by Gasteiger charge is 2.40. The van der Waals surface area contributed by atoms with Crippen molar-refractivity contribution in [3.63, 3.8) is 0 Å². The summed E-state index contributed by atoms with van der Waals surface area (Å²) in [6.07, 6.45) is 5.18. The first-order valence-electron chi connectivity index (χ1n) is 7.25. The lowest BCUT2D eigenvalue weighted by atomic mass is 9.59. The van der Waals surface area contributed by atoms with Gasteiger partial charge in [0.1, 0.15) is 0 Å². The van der Waals surface area contributed by atoms with Gasteiger partial charge in [0.05, 0.1) is 0 Å². The summed E-state index contributed by atoms with van der Waals surface area (Å²) in [7, 11) is 0. The molecule has 0 fully saturated rings. The zero-order chi connectivity index (χ0) is 13.4. The van der Waals surface area contributed by atoms with Gasteiger partial charge in [0.2, 0.25) is 0 Å². The molecule has 0 heterocycles. The molecule has 2 atom stereocenters. The van der Waals surface area contributed by atoms with E-state index in [4.69, 9.17) is 0 Å². The minimum absolute atomic E-state index is 0.332. The molecule has 0 amide bonds. The molecule has 17 heavy (non-hydrogen) atoms. The third kappa shape index (κ3) is 3.36. The summed E-state index contributed by atoms with van der Waals surface area (Å²) >= 11 is 0. The number of hydrogen-bond acceptors (Lipinski definition) is 0. The Hall–Kier alpha value is -0.260. The van der Waals surface area contributed by atoms with E-state index in [1.165, 1.54) is 12.8 Å². The molecule has 0 aliphatic heterocycles. The molecular formula is C17H32. The predicted molar refractivity (Wildman–Crippen MR) is 78.0 cm³/mol. The summed E-state index contributed by atoms with van der Waals surface area (Å²) in [5.74, 6) is 2.36. The maximum absolute atomic E-state index is 2.53. The van der Waals surface area contributed by atoms with E-state index in [1.54, 1.807) is 5.57 Å². The third-order valence-corrected chi connectivity index (χ3v) is 4.33. The Morgan fingerprint density at radius 3 is 1.94 bits per heavy atom. The van der Waals surface area contributed by atoms with E-state index in [1.807, 2.05) is 0 Å². The molecule has 100 valence electrons. The first-order valence-corrected chi connectivity index (χ1v) is 7.25. The van der Waals surface area contributed by atoms with Gasteiger partial charge < -0.3 is 0 Å². The van der Waals surface area contributed by atoms with Crippen molar-refractivity contribution in [2.24, 2.45) is 28.6 Å². The fourth-order valence-electron chi connectivity index (χ4n) is 3.55. The zero-order valence-electron chi connectivity index (χ0n) is 13.2. The fraction of sp³-hybridized carbons (Fsp3) is 0.882. The number of rotatable bonds is 1. The molecule has 0 saturated carbocycles. The Kier molecular flexibility index (Phi) is 4.16. The SMILES string of the molecule is CC(C)C1C(C(C)(C)C)=CCCC1C(C)(C)C. The van der Waals surface area contributed by atoms with Gasteiger partial charge in [-0.2, -0.15) is 0 Å². The summed E-state index contributed by atoms with van der Waals surface area (Å²) in [5, 5.41) is 0. The molecule has 0 nitrogen and oxygen atoms in total. The standard InChI is InChI=1S/C17H32/c1-12(2)15-13(16(3,4)5)10-9-11-14(15)17(6,7)8/h10,12,14-15H,9,11H2,1-8H3. The van der Waals surface area contributed by atoms with Crippen molar-refractivity contribution in [3.05, 3.63) is 11.6 Å². The summed E-state index contributed by atoms with van der Waals surface area (Å²) in [5.41, 5.74) is 2.47. The Morgan fingerprint density at radius 2 is 1.59 bits per heavy atom. The van der Waals surface area contributed by atoms with E-state index in [0.29, 0.717) is 10.8 Å². The van der Waals surface area contributed by atoms with Crippen LogP contribution in [0.2, 0.25) is 0 Å². The molecule has 1 aliphatic rings. The van der Waals surface area contributed by atoms with E-state index in [-0.39, 0.29) is 0 Å². The van der Waals surface area contributed by atoms with Gasteiger partial charge >= 0.3 is 0 Å².